The van der Waals surface area contributed by atoms with Gasteiger partial charge in [0.25, 0.3) is 0 Å². The molecule has 0 saturated carbocycles. The third-order valence-electron chi connectivity index (χ3n) is 2.97. The molecule has 3 nitrogen and oxygen atoms in total. The van der Waals surface area contributed by atoms with Crippen molar-refractivity contribution >= 4 is 23.6 Å². The first-order valence-corrected chi connectivity index (χ1v) is 6.95. The number of carboxylic acid groups (broad SMARTS) is 1. The van der Waals surface area contributed by atoms with Crippen LogP contribution >= 0.6 is 11.6 Å². The molecule has 0 unspecified atom stereocenters. The summed E-state index contributed by atoms with van der Waals surface area (Å²) in [7, 11) is 0. The predicted octanol–water partition coefficient (Wildman–Crippen LogP) is 4.79. The standard InChI is InChI=1S/C17H15ClO3/c1-2-12-6-3-4-9-15(12)21-17-13(10-11-16(19)20)7-5-8-14(17)18/h3-11H,2H2,1H3,(H,19,20)/b11-10+. The average molecular weight is 303 g/mol. The van der Waals surface area contributed by atoms with Gasteiger partial charge in [0.1, 0.15) is 5.75 Å². The Morgan fingerprint density at radius 3 is 2.71 bits per heavy atom. The molecule has 0 bridgehead atoms. The summed E-state index contributed by atoms with van der Waals surface area (Å²) in [5, 5.41) is 9.18. The van der Waals surface area contributed by atoms with Crippen molar-refractivity contribution in [1.29, 1.82) is 0 Å². The molecule has 108 valence electrons. The quantitative estimate of drug-likeness (QED) is 0.808. The second-order valence-electron chi connectivity index (χ2n) is 4.39. The van der Waals surface area contributed by atoms with E-state index < -0.39 is 5.97 Å². The van der Waals surface area contributed by atoms with Crippen LogP contribution in [0.2, 0.25) is 5.02 Å². The van der Waals surface area contributed by atoms with Gasteiger partial charge in [-0.25, -0.2) is 4.79 Å². The molecule has 0 amide bonds. The minimum absolute atomic E-state index is 0.438. The maximum atomic E-state index is 10.7. The molecule has 1 N–H and O–H groups in total. The Hall–Kier alpha value is -2.26. The number of ether oxygens (including phenoxy) is 1. The summed E-state index contributed by atoms with van der Waals surface area (Å²) in [5.74, 6) is 0.158. The zero-order chi connectivity index (χ0) is 15.2. The topological polar surface area (TPSA) is 46.5 Å². The van der Waals surface area contributed by atoms with Crippen LogP contribution in [0.3, 0.4) is 0 Å². The lowest BCUT2D eigenvalue weighted by atomic mass is 10.1. The molecule has 0 aliphatic rings. The zero-order valence-corrected chi connectivity index (χ0v) is 12.3. The van der Waals surface area contributed by atoms with Gasteiger partial charge < -0.3 is 9.84 Å². The van der Waals surface area contributed by atoms with E-state index in [1.807, 2.05) is 31.2 Å². The Labute approximate surface area is 128 Å². The fraction of sp³-hybridized carbons (Fsp3) is 0.118. The van der Waals surface area contributed by atoms with E-state index in [-0.39, 0.29) is 0 Å². The first-order chi connectivity index (χ1) is 10.1. The second kappa shape index (κ2) is 6.95. The Morgan fingerprint density at radius 2 is 2.00 bits per heavy atom. The Kier molecular flexibility index (Phi) is 5.01. The number of carboxylic acids is 1. The average Bonchev–Trinajstić information content (AvgIpc) is 2.48. The van der Waals surface area contributed by atoms with Crippen molar-refractivity contribution in [3.05, 3.63) is 64.7 Å². The molecule has 2 aromatic rings. The molecular formula is C17H15ClO3. The third-order valence-corrected chi connectivity index (χ3v) is 3.27. The molecule has 2 aromatic carbocycles. The first kappa shape index (κ1) is 15.1. The molecule has 0 fully saturated rings. The van der Waals surface area contributed by atoms with Crippen molar-refractivity contribution in [1.82, 2.24) is 0 Å². The lowest BCUT2D eigenvalue weighted by Crippen LogP contribution is -1.93. The van der Waals surface area contributed by atoms with Gasteiger partial charge in [-0.1, -0.05) is 48.9 Å². The molecule has 0 aliphatic carbocycles. The van der Waals surface area contributed by atoms with Crippen molar-refractivity contribution in [2.75, 3.05) is 0 Å². The molecule has 21 heavy (non-hydrogen) atoms. The minimum atomic E-state index is -1.02. The van der Waals surface area contributed by atoms with Crippen LogP contribution in [0.4, 0.5) is 0 Å². The number of halogens is 1. The van der Waals surface area contributed by atoms with Gasteiger partial charge in [-0.05, 0) is 30.2 Å². The fourth-order valence-corrected chi connectivity index (χ4v) is 2.15. The Morgan fingerprint density at radius 1 is 1.24 bits per heavy atom. The molecule has 0 atom stereocenters. The van der Waals surface area contributed by atoms with Gasteiger partial charge >= 0.3 is 5.97 Å². The Balaban J connectivity index is 2.41. The largest absolute Gasteiger partial charge is 0.478 e. The zero-order valence-electron chi connectivity index (χ0n) is 11.5. The summed E-state index contributed by atoms with van der Waals surface area (Å²) in [6, 6.07) is 12.9. The monoisotopic (exact) mass is 302 g/mol. The number of aryl methyl sites for hydroxylation is 1. The van der Waals surface area contributed by atoms with Crippen molar-refractivity contribution in [3.8, 4) is 11.5 Å². The lowest BCUT2D eigenvalue weighted by molar-refractivity contribution is -0.131. The van der Waals surface area contributed by atoms with Crippen molar-refractivity contribution in [2.45, 2.75) is 13.3 Å². The molecule has 4 heteroatoms. The molecule has 0 radical (unpaired) electrons. The number of rotatable bonds is 5. The summed E-state index contributed by atoms with van der Waals surface area (Å²) in [6.45, 7) is 2.04. The normalized spacial score (nSPS) is 10.8. The summed E-state index contributed by atoms with van der Waals surface area (Å²) >= 11 is 6.18. The molecule has 0 aromatic heterocycles. The number of carbonyl (C=O) groups is 1. The number of aliphatic carboxylic acids is 1. The molecule has 2 rings (SSSR count). The van der Waals surface area contributed by atoms with Crippen LogP contribution in [0.1, 0.15) is 18.1 Å². The highest BCUT2D eigenvalue weighted by molar-refractivity contribution is 6.32. The molecule has 0 saturated heterocycles. The van der Waals surface area contributed by atoms with Crippen molar-refractivity contribution in [2.24, 2.45) is 0 Å². The van der Waals surface area contributed by atoms with E-state index in [2.05, 4.69) is 0 Å². The number of benzene rings is 2. The van der Waals surface area contributed by atoms with Gasteiger partial charge in [0.2, 0.25) is 0 Å². The summed E-state index contributed by atoms with van der Waals surface area (Å²) in [4.78, 5) is 10.7. The Bertz CT molecular complexity index is 677. The highest BCUT2D eigenvalue weighted by Gasteiger charge is 2.10. The minimum Gasteiger partial charge on any atom is -0.478 e. The predicted molar refractivity (Wildman–Crippen MR) is 84.0 cm³/mol. The highest BCUT2D eigenvalue weighted by atomic mass is 35.5. The first-order valence-electron chi connectivity index (χ1n) is 6.57. The van der Waals surface area contributed by atoms with Crippen LogP contribution in [-0.4, -0.2) is 11.1 Å². The van der Waals surface area contributed by atoms with E-state index in [9.17, 15) is 4.79 Å². The lowest BCUT2D eigenvalue weighted by Gasteiger charge is -2.13. The van der Waals surface area contributed by atoms with E-state index in [1.54, 1.807) is 18.2 Å². The van der Waals surface area contributed by atoms with E-state index in [4.69, 9.17) is 21.4 Å². The number of para-hydroxylation sites is 2. The van der Waals surface area contributed by atoms with Crippen LogP contribution in [0.25, 0.3) is 6.08 Å². The molecular weight excluding hydrogens is 288 g/mol. The van der Waals surface area contributed by atoms with Gasteiger partial charge in [-0.2, -0.15) is 0 Å². The van der Waals surface area contributed by atoms with Crippen LogP contribution in [0.5, 0.6) is 11.5 Å². The van der Waals surface area contributed by atoms with Gasteiger partial charge in [0.05, 0.1) is 5.02 Å². The van der Waals surface area contributed by atoms with E-state index >= 15 is 0 Å². The summed E-state index contributed by atoms with van der Waals surface area (Å²) in [5.41, 5.74) is 1.68. The van der Waals surface area contributed by atoms with Crippen molar-refractivity contribution < 1.29 is 14.6 Å². The van der Waals surface area contributed by atoms with Gasteiger partial charge in [0.15, 0.2) is 5.75 Å². The maximum Gasteiger partial charge on any atom is 0.328 e. The molecule has 0 spiro atoms. The van der Waals surface area contributed by atoms with E-state index in [0.717, 1.165) is 23.8 Å². The summed E-state index contributed by atoms with van der Waals surface area (Å²) in [6.07, 6.45) is 3.36. The molecule has 0 heterocycles. The number of hydrogen-bond acceptors (Lipinski definition) is 2. The van der Waals surface area contributed by atoms with Crippen LogP contribution in [0.15, 0.2) is 48.5 Å². The molecule has 0 aliphatic heterocycles. The maximum absolute atomic E-state index is 10.7. The van der Waals surface area contributed by atoms with E-state index in [0.29, 0.717) is 16.3 Å². The summed E-state index contributed by atoms with van der Waals surface area (Å²) < 4.78 is 5.92. The van der Waals surface area contributed by atoms with E-state index in [1.165, 1.54) is 6.08 Å². The van der Waals surface area contributed by atoms with Gasteiger partial charge in [0, 0.05) is 11.6 Å². The van der Waals surface area contributed by atoms with Crippen LogP contribution in [0, 0.1) is 0 Å². The number of hydrogen-bond donors (Lipinski definition) is 1. The van der Waals surface area contributed by atoms with Crippen LogP contribution in [-0.2, 0) is 11.2 Å². The third kappa shape index (κ3) is 3.86. The smallest absolute Gasteiger partial charge is 0.328 e. The second-order valence-corrected chi connectivity index (χ2v) is 4.80. The van der Waals surface area contributed by atoms with Gasteiger partial charge in [-0.3, -0.25) is 0 Å². The fourth-order valence-electron chi connectivity index (χ4n) is 1.93. The van der Waals surface area contributed by atoms with Gasteiger partial charge in [-0.15, -0.1) is 0 Å². The highest BCUT2D eigenvalue weighted by Crippen LogP contribution is 2.35. The SMILES string of the molecule is CCc1ccccc1Oc1c(Cl)cccc1/C=C/C(=O)O. The van der Waals surface area contributed by atoms with Crippen molar-refractivity contribution in [3.63, 3.8) is 0 Å². The van der Waals surface area contributed by atoms with Crippen LogP contribution < -0.4 is 4.74 Å².